The molecule has 1 rings (SSSR count). The Morgan fingerprint density at radius 3 is 2.33 bits per heavy atom. The van der Waals surface area contributed by atoms with E-state index >= 15 is 0 Å². The molecule has 0 aliphatic heterocycles. The first kappa shape index (κ1) is 20.3. The molecule has 0 atom stereocenters. The van der Waals surface area contributed by atoms with E-state index in [1.807, 2.05) is 20.8 Å². The van der Waals surface area contributed by atoms with Gasteiger partial charge in [0.1, 0.15) is 6.54 Å². The van der Waals surface area contributed by atoms with Crippen molar-refractivity contribution >= 4 is 17.8 Å². The van der Waals surface area contributed by atoms with Gasteiger partial charge in [0.15, 0.2) is 5.96 Å². The molecule has 0 radical (unpaired) electrons. The first-order valence-corrected chi connectivity index (χ1v) is 8.79. The summed E-state index contributed by atoms with van der Waals surface area (Å²) in [6, 6.07) is 0.387. The second-order valence-corrected chi connectivity index (χ2v) is 7.18. The number of likely N-dealkylation sites (N-methyl/N-ethyl adjacent to an activating group) is 1. The monoisotopic (exact) mass is 339 g/mol. The number of hydrogen-bond acceptors (Lipinski definition) is 3. The van der Waals surface area contributed by atoms with E-state index < -0.39 is 5.41 Å². The predicted molar refractivity (Wildman–Crippen MR) is 96.9 cm³/mol. The van der Waals surface area contributed by atoms with E-state index in [0.717, 1.165) is 12.8 Å². The lowest BCUT2D eigenvalue weighted by Gasteiger charge is -2.26. The number of hydrogen-bond donors (Lipinski definition) is 3. The summed E-state index contributed by atoms with van der Waals surface area (Å²) in [5.41, 5.74) is -0.556. The Morgan fingerprint density at radius 2 is 1.79 bits per heavy atom. The molecule has 0 spiro atoms. The highest BCUT2D eigenvalue weighted by Gasteiger charge is 2.27. The van der Waals surface area contributed by atoms with Crippen molar-refractivity contribution in [2.24, 2.45) is 10.4 Å². The molecule has 0 unspecified atom stereocenters. The van der Waals surface area contributed by atoms with Crippen molar-refractivity contribution in [1.29, 1.82) is 0 Å². The molecule has 1 aliphatic rings. The van der Waals surface area contributed by atoms with E-state index in [2.05, 4.69) is 20.9 Å². The van der Waals surface area contributed by atoms with Crippen molar-refractivity contribution in [1.82, 2.24) is 20.9 Å². The molecule has 1 fully saturated rings. The number of nitrogens with one attached hydrogen (secondary N) is 3. The maximum Gasteiger partial charge on any atom is 0.243 e. The van der Waals surface area contributed by atoms with Gasteiger partial charge in [0, 0.05) is 33.2 Å². The SMILES string of the molecule is CCNC(=O)C(C)(C)CNC(=NCC(=O)N(C)C)NC1CCCC1. The van der Waals surface area contributed by atoms with Crippen molar-refractivity contribution in [3.8, 4) is 0 Å². The van der Waals surface area contributed by atoms with E-state index in [-0.39, 0.29) is 18.4 Å². The smallest absolute Gasteiger partial charge is 0.243 e. The number of carbonyl (C=O) groups is 2. The maximum atomic E-state index is 12.1. The molecule has 0 aromatic heterocycles. The Morgan fingerprint density at radius 1 is 1.17 bits per heavy atom. The van der Waals surface area contributed by atoms with Crippen molar-refractivity contribution in [2.75, 3.05) is 33.7 Å². The molecule has 1 saturated carbocycles. The summed E-state index contributed by atoms with van der Waals surface area (Å²) in [5, 5.41) is 9.47. The summed E-state index contributed by atoms with van der Waals surface area (Å²) in [6.07, 6.45) is 4.65. The first-order chi connectivity index (χ1) is 11.3. The van der Waals surface area contributed by atoms with E-state index in [9.17, 15) is 9.59 Å². The average molecular weight is 339 g/mol. The number of rotatable bonds is 7. The van der Waals surface area contributed by atoms with Crippen LogP contribution >= 0.6 is 0 Å². The molecule has 24 heavy (non-hydrogen) atoms. The van der Waals surface area contributed by atoms with Crippen LogP contribution in [0.25, 0.3) is 0 Å². The average Bonchev–Trinajstić information content (AvgIpc) is 3.02. The summed E-state index contributed by atoms with van der Waals surface area (Å²) in [6.45, 7) is 6.85. The van der Waals surface area contributed by atoms with Crippen LogP contribution < -0.4 is 16.0 Å². The molecule has 3 N–H and O–H groups in total. The molecule has 138 valence electrons. The van der Waals surface area contributed by atoms with Crippen molar-refractivity contribution in [3.63, 3.8) is 0 Å². The lowest BCUT2D eigenvalue weighted by molar-refractivity contribution is -0.129. The van der Waals surface area contributed by atoms with Gasteiger partial charge in [0.25, 0.3) is 0 Å². The third-order valence-electron chi connectivity index (χ3n) is 4.22. The lowest BCUT2D eigenvalue weighted by atomic mass is 9.92. The fourth-order valence-electron chi connectivity index (χ4n) is 2.49. The van der Waals surface area contributed by atoms with E-state index in [0.29, 0.717) is 25.1 Å². The highest BCUT2D eigenvalue weighted by molar-refractivity contribution is 5.86. The number of amides is 2. The number of guanidine groups is 1. The third-order valence-corrected chi connectivity index (χ3v) is 4.22. The molecule has 1 aliphatic carbocycles. The molecular formula is C17H33N5O2. The minimum absolute atomic E-state index is 0.00193. The van der Waals surface area contributed by atoms with Gasteiger partial charge in [-0.05, 0) is 33.6 Å². The minimum atomic E-state index is -0.556. The van der Waals surface area contributed by atoms with Crippen molar-refractivity contribution in [2.45, 2.75) is 52.5 Å². The Bertz CT molecular complexity index is 454. The van der Waals surface area contributed by atoms with Crippen LogP contribution in [-0.4, -0.2) is 62.4 Å². The topological polar surface area (TPSA) is 85.8 Å². The van der Waals surface area contributed by atoms with Gasteiger partial charge in [0.2, 0.25) is 11.8 Å². The van der Waals surface area contributed by atoms with Crippen LogP contribution in [0.15, 0.2) is 4.99 Å². The number of nitrogens with zero attached hydrogens (tertiary/aromatic N) is 2. The minimum Gasteiger partial charge on any atom is -0.356 e. The largest absolute Gasteiger partial charge is 0.356 e. The van der Waals surface area contributed by atoms with Crippen LogP contribution in [0, 0.1) is 5.41 Å². The Balaban J connectivity index is 2.67. The van der Waals surface area contributed by atoms with E-state index in [1.165, 1.54) is 17.7 Å². The van der Waals surface area contributed by atoms with Gasteiger partial charge in [-0.25, -0.2) is 4.99 Å². The predicted octanol–water partition coefficient (Wildman–Crippen LogP) is 0.715. The van der Waals surface area contributed by atoms with Gasteiger partial charge in [-0.2, -0.15) is 0 Å². The van der Waals surface area contributed by atoms with Crippen LogP contribution in [0.2, 0.25) is 0 Å². The molecule has 0 bridgehead atoms. The van der Waals surface area contributed by atoms with Gasteiger partial charge in [-0.1, -0.05) is 12.8 Å². The summed E-state index contributed by atoms with van der Waals surface area (Å²) in [7, 11) is 3.43. The molecule has 7 heteroatoms. The second kappa shape index (κ2) is 9.49. The Kier molecular flexibility index (Phi) is 8.01. The van der Waals surface area contributed by atoms with Gasteiger partial charge in [-0.3, -0.25) is 9.59 Å². The van der Waals surface area contributed by atoms with Gasteiger partial charge >= 0.3 is 0 Å². The van der Waals surface area contributed by atoms with Crippen LogP contribution in [0.4, 0.5) is 0 Å². The van der Waals surface area contributed by atoms with E-state index in [4.69, 9.17) is 0 Å². The molecule has 0 heterocycles. The normalized spacial score (nSPS) is 16.0. The highest BCUT2D eigenvalue weighted by atomic mass is 16.2. The third kappa shape index (κ3) is 6.76. The molecule has 2 amide bonds. The van der Waals surface area contributed by atoms with Gasteiger partial charge in [-0.15, -0.1) is 0 Å². The lowest BCUT2D eigenvalue weighted by Crippen LogP contribution is -2.49. The zero-order chi connectivity index (χ0) is 18.2. The summed E-state index contributed by atoms with van der Waals surface area (Å²) < 4.78 is 0. The first-order valence-electron chi connectivity index (χ1n) is 8.79. The molecule has 7 nitrogen and oxygen atoms in total. The highest BCUT2D eigenvalue weighted by Crippen LogP contribution is 2.18. The summed E-state index contributed by atoms with van der Waals surface area (Å²) in [5.74, 6) is 0.557. The van der Waals surface area contributed by atoms with Crippen LogP contribution in [-0.2, 0) is 9.59 Å². The quantitative estimate of drug-likeness (QED) is 0.471. The number of aliphatic imine (C=N–C) groups is 1. The fourth-order valence-corrected chi connectivity index (χ4v) is 2.49. The zero-order valence-corrected chi connectivity index (χ0v) is 15.7. The van der Waals surface area contributed by atoms with Gasteiger partial charge < -0.3 is 20.9 Å². The number of carbonyl (C=O) groups excluding carboxylic acids is 2. The molecule has 0 saturated heterocycles. The summed E-state index contributed by atoms with van der Waals surface area (Å²) >= 11 is 0. The fraction of sp³-hybridized carbons (Fsp3) is 0.824. The van der Waals surface area contributed by atoms with Gasteiger partial charge in [0.05, 0.1) is 5.41 Å². The second-order valence-electron chi connectivity index (χ2n) is 7.18. The van der Waals surface area contributed by atoms with Crippen LogP contribution in [0.3, 0.4) is 0 Å². The van der Waals surface area contributed by atoms with Crippen molar-refractivity contribution in [3.05, 3.63) is 0 Å². The van der Waals surface area contributed by atoms with E-state index in [1.54, 1.807) is 14.1 Å². The Labute approximate surface area is 145 Å². The van der Waals surface area contributed by atoms with Crippen LogP contribution in [0.1, 0.15) is 46.5 Å². The molecular weight excluding hydrogens is 306 g/mol. The zero-order valence-electron chi connectivity index (χ0n) is 15.7. The Hall–Kier alpha value is -1.79. The summed E-state index contributed by atoms with van der Waals surface area (Å²) in [4.78, 5) is 29.8. The molecule has 0 aromatic carbocycles. The van der Waals surface area contributed by atoms with Crippen molar-refractivity contribution < 1.29 is 9.59 Å². The standard InChI is InChI=1S/C17H33N5O2/c1-6-18-15(24)17(2,3)12-20-16(19-11-14(23)22(4)5)21-13-9-7-8-10-13/h13H,6-12H2,1-5H3,(H,18,24)(H2,19,20,21). The maximum absolute atomic E-state index is 12.1. The molecule has 0 aromatic rings. The van der Waals surface area contributed by atoms with Crippen LogP contribution in [0.5, 0.6) is 0 Å².